The molecule has 7 nitrogen and oxygen atoms in total. The lowest BCUT2D eigenvalue weighted by molar-refractivity contribution is 0.0752. The molecule has 2 aliphatic carbocycles. The van der Waals surface area contributed by atoms with Gasteiger partial charge in [-0.2, -0.15) is 0 Å². The first kappa shape index (κ1) is 19.8. The van der Waals surface area contributed by atoms with Gasteiger partial charge in [-0.25, -0.2) is 18.4 Å². The first-order valence-electron chi connectivity index (χ1n) is 10.7. The number of sulfone groups is 1. The van der Waals surface area contributed by atoms with Gasteiger partial charge in [0.1, 0.15) is 10.6 Å². The Morgan fingerprint density at radius 1 is 1.07 bits per heavy atom. The standard InChI is InChI=1S/C22H28N4O3S/c1-14-12-29-13-15(2)26(14)20-11-19(22(9-10-22)30(27,28)18-7-8-18)24-21(25-20)16-3-5-17(23)6-4-16/h3-6,11,14-15,18H,7-10,12-13,23H2,1-2H3. The first-order chi connectivity index (χ1) is 14.3. The molecular weight excluding hydrogens is 400 g/mol. The summed E-state index contributed by atoms with van der Waals surface area (Å²) in [7, 11) is -3.24. The van der Waals surface area contributed by atoms with Crippen molar-refractivity contribution in [2.45, 2.75) is 61.6 Å². The maximum absolute atomic E-state index is 13.3. The maximum Gasteiger partial charge on any atom is 0.164 e. The minimum absolute atomic E-state index is 0.144. The Morgan fingerprint density at radius 3 is 2.27 bits per heavy atom. The summed E-state index contributed by atoms with van der Waals surface area (Å²) in [5.41, 5.74) is 7.99. The molecule has 1 aromatic heterocycles. The van der Waals surface area contributed by atoms with Crippen molar-refractivity contribution < 1.29 is 13.2 Å². The monoisotopic (exact) mass is 428 g/mol. The van der Waals surface area contributed by atoms with Crippen molar-refractivity contribution in [2.24, 2.45) is 0 Å². The van der Waals surface area contributed by atoms with E-state index in [-0.39, 0.29) is 17.3 Å². The average molecular weight is 429 g/mol. The minimum Gasteiger partial charge on any atom is -0.399 e. The van der Waals surface area contributed by atoms with Crippen LogP contribution >= 0.6 is 0 Å². The largest absolute Gasteiger partial charge is 0.399 e. The summed E-state index contributed by atoms with van der Waals surface area (Å²) in [6.45, 7) is 5.45. The lowest BCUT2D eigenvalue weighted by Gasteiger charge is -2.40. The highest BCUT2D eigenvalue weighted by atomic mass is 32.2. The summed E-state index contributed by atoms with van der Waals surface area (Å²) >= 11 is 0. The fourth-order valence-corrected chi connectivity index (χ4v) is 6.98. The lowest BCUT2D eigenvalue weighted by Crippen LogP contribution is -2.50. The van der Waals surface area contributed by atoms with E-state index in [1.807, 2.05) is 30.3 Å². The highest BCUT2D eigenvalue weighted by molar-refractivity contribution is 7.93. The van der Waals surface area contributed by atoms with Gasteiger partial charge in [0, 0.05) is 17.3 Å². The molecule has 30 heavy (non-hydrogen) atoms. The van der Waals surface area contributed by atoms with E-state index in [0.29, 0.717) is 43.3 Å². The number of ether oxygens (including phenoxy) is 1. The molecule has 8 heteroatoms. The Bertz CT molecular complexity index is 1050. The van der Waals surface area contributed by atoms with Crippen molar-refractivity contribution in [3.05, 3.63) is 36.0 Å². The number of hydrogen-bond donors (Lipinski definition) is 1. The molecule has 2 unspecified atom stereocenters. The molecule has 3 aliphatic rings. The van der Waals surface area contributed by atoms with E-state index in [1.165, 1.54) is 0 Å². The van der Waals surface area contributed by atoms with Crippen LogP contribution in [0.3, 0.4) is 0 Å². The molecule has 3 fully saturated rings. The molecule has 1 saturated heterocycles. The number of benzene rings is 1. The van der Waals surface area contributed by atoms with Gasteiger partial charge in [-0.3, -0.25) is 0 Å². The number of aromatic nitrogens is 2. The quantitative estimate of drug-likeness (QED) is 0.731. The van der Waals surface area contributed by atoms with Crippen LogP contribution in [0, 0.1) is 0 Å². The van der Waals surface area contributed by atoms with Crippen molar-refractivity contribution in [1.82, 2.24) is 9.97 Å². The van der Waals surface area contributed by atoms with E-state index in [4.69, 9.17) is 20.4 Å². The number of nitrogens with zero attached hydrogens (tertiary/aromatic N) is 3. The second-order valence-corrected chi connectivity index (χ2v) is 11.5. The third-order valence-corrected chi connectivity index (χ3v) is 9.55. The SMILES string of the molecule is CC1COCC(C)N1c1cc(C2(S(=O)(=O)C3CC3)CC2)nc(-c2ccc(N)cc2)n1. The molecule has 1 aromatic carbocycles. The van der Waals surface area contributed by atoms with Gasteiger partial charge in [0.15, 0.2) is 15.7 Å². The molecule has 0 spiro atoms. The molecule has 2 aromatic rings. The molecule has 5 rings (SSSR count). The zero-order chi connectivity index (χ0) is 21.1. The summed E-state index contributed by atoms with van der Waals surface area (Å²) < 4.78 is 31.4. The Kier molecular flexibility index (Phi) is 4.56. The smallest absolute Gasteiger partial charge is 0.164 e. The second kappa shape index (κ2) is 6.92. The van der Waals surface area contributed by atoms with E-state index in [9.17, 15) is 8.42 Å². The van der Waals surface area contributed by atoms with Gasteiger partial charge in [0.2, 0.25) is 0 Å². The molecule has 0 amide bonds. The van der Waals surface area contributed by atoms with Gasteiger partial charge in [-0.1, -0.05) is 0 Å². The number of anilines is 2. The van der Waals surface area contributed by atoms with Crippen LogP contribution in [0.2, 0.25) is 0 Å². The van der Waals surface area contributed by atoms with Gasteiger partial charge in [0.25, 0.3) is 0 Å². The summed E-state index contributed by atoms with van der Waals surface area (Å²) in [4.78, 5) is 11.9. The van der Waals surface area contributed by atoms with E-state index >= 15 is 0 Å². The van der Waals surface area contributed by atoms with Gasteiger partial charge in [0.05, 0.1) is 36.2 Å². The number of nitrogen functional groups attached to an aromatic ring is 1. The van der Waals surface area contributed by atoms with E-state index < -0.39 is 14.6 Å². The lowest BCUT2D eigenvalue weighted by atomic mass is 10.1. The Labute approximate surface area is 177 Å². The minimum atomic E-state index is -3.24. The first-order valence-corrected chi connectivity index (χ1v) is 12.2. The van der Waals surface area contributed by atoms with Crippen LogP contribution in [0.4, 0.5) is 11.5 Å². The Morgan fingerprint density at radius 2 is 1.70 bits per heavy atom. The molecule has 2 saturated carbocycles. The Balaban J connectivity index is 1.65. The molecule has 1 aliphatic heterocycles. The van der Waals surface area contributed by atoms with Crippen LogP contribution in [0.5, 0.6) is 0 Å². The normalized spacial score (nSPS) is 25.9. The summed E-state index contributed by atoms with van der Waals surface area (Å²) in [6, 6.07) is 9.61. The van der Waals surface area contributed by atoms with Crippen LogP contribution < -0.4 is 10.6 Å². The van der Waals surface area contributed by atoms with Crippen molar-refractivity contribution in [2.75, 3.05) is 23.8 Å². The zero-order valence-electron chi connectivity index (χ0n) is 17.4. The fraction of sp³-hybridized carbons (Fsp3) is 0.545. The predicted molar refractivity (Wildman–Crippen MR) is 117 cm³/mol. The molecule has 2 heterocycles. The van der Waals surface area contributed by atoms with Gasteiger partial charge in [-0.05, 0) is 63.8 Å². The van der Waals surface area contributed by atoms with Crippen LogP contribution in [-0.4, -0.2) is 48.9 Å². The van der Waals surface area contributed by atoms with Crippen LogP contribution in [0.15, 0.2) is 30.3 Å². The highest BCUT2D eigenvalue weighted by Gasteiger charge is 2.61. The van der Waals surface area contributed by atoms with Gasteiger partial charge in [-0.15, -0.1) is 0 Å². The average Bonchev–Trinajstić information content (AvgIpc) is 3.61. The number of rotatable bonds is 5. The predicted octanol–water partition coefficient (Wildman–Crippen LogP) is 2.91. The molecule has 2 atom stereocenters. The molecule has 0 bridgehead atoms. The molecule has 0 radical (unpaired) electrons. The van der Waals surface area contributed by atoms with Crippen molar-refractivity contribution in [3.8, 4) is 11.4 Å². The summed E-state index contributed by atoms with van der Waals surface area (Å²) in [5.74, 6) is 1.32. The van der Waals surface area contributed by atoms with Crippen LogP contribution in [0.1, 0.15) is 45.2 Å². The number of morpholine rings is 1. The topological polar surface area (TPSA) is 98.4 Å². The summed E-state index contributed by atoms with van der Waals surface area (Å²) in [6.07, 6.45) is 2.81. The second-order valence-electron chi connectivity index (χ2n) is 8.94. The van der Waals surface area contributed by atoms with Gasteiger partial charge >= 0.3 is 0 Å². The zero-order valence-corrected chi connectivity index (χ0v) is 18.2. The van der Waals surface area contributed by atoms with Crippen molar-refractivity contribution >= 4 is 21.3 Å². The molecular formula is C22H28N4O3S. The Hall–Kier alpha value is -2.19. The third kappa shape index (κ3) is 3.17. The highest BCUT2D eigenvalue weighted by Crippen LogP contribution is 2.57. The summed E-state index contributed by atoms with van der Waals surface area (Å²) in [5, 5.41) is -0.209. The van der Waals surface area contributed by atoms with E-state index in [0.717, 1.165) is 24.2 Å². The number of nitrogens with two attached hydrogens (primary N) is 1. The van der Waals surface area contributed by atoms with Crippen molar-refractivity contribution in [1.29, 1.82) is 0 Å². The third-order valence-electron chi connectivity index (χ3n) is 6.49. The van der Waals surface area contributed by atoms with E-state index in [2.05, 4.69) is 18.7 Å². The maximum atomic E-state index is 13.3. The van der Waals surface area contributed by atoms with Crippen molar-refractivity contribution in [3.63, 3.8) is 0 Å². The fourth-order valence-electron chi connectivity index (χ4n) is 4.51. The van der Waals surface area contributed by atoms with E-state index in [1.54, 1.807) is 0 Å². The molecule has 2 N–H and O–H groups in total. The molecule has 160 valence electrons. The number of hydrogen-bond acceptors (Lipinski definition) is 7. The van der Waals surface area contributed by atoms with Gasteiger partial charge < -0.3 is 15.4 Å². The van der Waals surface area contributed by atoms with Crippen LogP contribution in [0.25, 0.3) is 11.4 Å². The van der Waals surface area contributed by atoms with Crippen LogP contribution in [-0.2, 0) is 19.3 Å².